The third-order valence-electron chi connectivity index (χ3n) is 6.84. The molecule has 5 rings (SSSR count). The van der Waals surface area contributed by atoms with Gasteiger partial charge in [0, 0.05) is 0 Å². The summed E-state index contributed by atoms with van der Waals surface area (Å²) in [5.74, 6) is -1.69. The molecule has 0 aromatic heterocycles. The maximum Gasteiger partial charge on any atom is 0.335 e. The van der Waals surface area contributed by atoms with Crippen molar-refractivity contribution in [2.75, 3.05) is 22.0 Å². The van der Waals surface area contributed by atoms with Crippen molar-refractivity contribution in [1.82, 2.24) is 4.31 Å². The highest BCUT2D eigenvalue weighted by Gasteiger charge is 2.41. The summed E-state index contributed by atoms with van der Waals surface area (Å²) >= 11 is 0. The van der Waals surface area contributed by atoms with E-state index >= 15 is 4.39 Å². The molecular formula is C32H32FN3O7S2. The number of hydrogen-bond acceptors (Lipinski definition) is 7. The number of aliphatic hydroxyl groups is 1. The molecule has 0 saturated heterocycles. The number of anilines is 2. The number of hydrogen-bond donors (Lipinski definition) is 2. The Morgan fingerprint density at radius 1 is 0.889 bits per heavy atom. The largest absolute Gasteiger partial charge is 0.493 e. The Labute approximate surface area is 262 Å². The minimum Gasteiger partial charge on any atom is -0.493 e. The van der Waals surface area contributed by atoms with Crippen molar-refractivity contribution in [1.29, 1.82) is 0 Å². The first-order chi connectivity index (χ1) is 21.4. The van der Waals surface area contributed by atoms with E-state index in [4.69, 9.17) is 9.47 Å². The molecule has 0 aliphatic carbocycles. The second-order valence-corrected chi connectivity index (χ2v) is 14.0. The normalized spacial score (nSPS) is 14.3. The monoisotopic (exact) mass is 653 g/mol. The highest BCUT2D eigenvalue weighted by atomic mass is 32.2. The Bertz CT molecular complexity index is 1920. The maximum absolute atomic E-state index is 16.0. The number of benzene rings is 4. The van der Waals surface area contributed by atoms with Crippen molar-refractivity contribution in [2.24, 2.45) is 0 Å². The van der Waals surface area contributed by atoms with Gasteiger partial charge in [-0.05, 0) is 59.4 Å². The second kappa shape index (κ2) is 13.2. The number of nitrogens with zero attached hydrogens (tertiary/aromatic N) is 2. The Balaban J connectivity index is 1.47. The summed E-state index contributed by atoms with van der Waals surface area (Å²) in [5, 5.41) is 10.6. The summed E-state index contributed by atoms with van der Waals surface area (Å²) < 4.78 is 82.5. The Kier molecular flexibility index (Phi) is 9.32. The van der Waals surface area contributed by atoms with Crippen LogP contribution >= 0.6 is 0 Å². The van der Waals surface area contributed by atoms with Crippen LogP contribution in [0.25, 0.3) is 0 Å². The van der Waals surface area contributed by atoms with Crippen molar-refractivity contribution in [3.8, 4) is 5.75 Å². The van der Waals surface area contributed by atoms with Gasteiger partial charge in [0.1, 0.15) is 24.8 Å². The quantitative estimate of drug-likeness (QED) is 0.205. The molecule has 1 aliphatic heterocycles. The van der Waals surface area contributed by atoms with Gasteiger partial charge in [0.05, 0.1) is 24.7 Å². The maximum atomic E-state index is 16.0. The molecule has 13 heteroatoms. The fraction of sp³-hybridized carbons (Fsp3) is 0.188. The molecular weight excluding hydrogens is 621 g/mol. The van der Waals surface area contributed by atoms with Crippen LogP contribution in [0, 0.1) is 12.7 Å². The molecule has 0 unspecified atom stereocenters. The molecule has 4 aromatic carbocycles. The molecule has 0 bridgehead atoms. The summed E-state index contributed by atoms with van der Waals surface area (Å²) in [6.45, 7) is 1.38. The molecule has 1 aliphatic rings. The van der Waals surface area contributed by atoms with Crippen LogP contribution in [0.5, 0.6) is 5.75 Å². The van der Waals surface area contributed by atoms with Crippen molar-refractivity contribution >= 4 is 31.6 Å². The lowest BCUT2D eigenvalue weighted by Gasteiger charge is -2.24. The highest BCUT2D eigenvalue weighted by molar-refractivity contribution is 7.92. The van der Waals surface area contributed by atoms with Gasteiger partial charge < -0.3 is 14.6 Å². The van der Waals surface area contributed by atoms with E-state index in [1.54, 1.807) is 30.3 Å². The van der Waals surface area contributed by atoms with Crippen LogP contribution in [0.2, 0.25) is 0 Å². The summed E-state index contributed by atoms with van der Waals surface area (Å²) in [4.78, 5) is 0. The lowest BCUT2D eigenvalue weighted by atomic mass is 10.0. The SMILES string of the molecule is Cc1ccc(Cc2cc(F)c(N3C=C(O)N(COCc4ccccc4)S3(=O)=O)c(OCc3ccccc3)c2)c(NS(C)(=O)=O)c1. The average Bonchev–Trinajstić information content (AvgIpc) is 3.20. The minimum atomic E-state index is -4.51. The van der Waals surface area contributed by atoms with E-state index in [2.05, 4.69) is 4.72 Å². The lowest BCUT2D eigenvalue weighted by Crippen LogP contribution is -2.36. The molecule has 0 spiro atoms. The summed E-state index contributed by atoms with van der Waals surface area (Å²) in [6.07, 6.45) is 2.03. The van der Waals surface area contributed by atoms with Gasteiger partial charge in [-0.2, -0.15) is 12.7 Å². The third kappa shape index (κ3) is 7.74. The van der Waals surface area contributed by atoms with Gasteiger partial charge in [0.2, 0.25) is 15.9 Å². The van der Waals surface area contributed by atoms with E-state index in [9.17, 15) is 21.9 Å². The zero-order valence-corrected chi connectivity index (χ0v) is 26.2. The number of sulfonamides is 1. The van der Waals surface area contributed by atoms with Crippen LogP contribution in [0.15, 0.2) is 103 Å². The van der Waals surface area contributed by atoms with Crippen molar-refractivity contribution in [3.63, 3.8) is 0 Å². The molecule has 0 atom stereocenters. The highest BCUT2D eigenvalue weighted by Crippen LogP contribution is 2.40. The molecule has 4 aromatic rings. The molecule has 0 amide bonds. The zero-order valence-electron chi connectivity index (χ0n) is 24.6. The van der Waals surface area contributed by atoms with Crippen LogP contribution in [0.3, 0.4) is 0 Å². The van der Waals surface area contributed by atoms with Crippen LogP contribution in [0.1, 0.15) is 27.8 Å². The first-order valence-corrected chi connectivity index (χ1v) is 17.1. The van der Waals surface area contributed by atoms with Gasteiger partial charge in [-0.1, -0.05) is 72.8 Å². The molecule has 0 saturated carbocycles. The van der Waals surface area contributed by atoms with Crippen molar-refractivity contribution in [3.05, 3.63) is 137 Å². The molecule has 45 heavy (non-hydrogen) atoms. The molecule has 2 N–H and O–H groups in total. The fourth-order valence-corrected chi connectivity index (χ4v) is 6.67. The van der Waals surface area contributed by atoms with E-state index < -0.39 is 44.4 Å². The van der Waals surface area contributed by atoms with Crippen molar-refractivity contribution < 1.29 is 35.8 Å². The zero-order chi connectivity index (χ0) is 32.2. The van der Waals surface area contributed by atoms with E-state index in [1.165, 1.54) is 6.07 Å². The number of ether oxygens (including phenoxy) is 2. The van der Waals surface area contributed by atoms with E-state index in [1.807, 2.05) is 55.5 Å². The van der Waals surface area contributed by atoms with E-state index in [0.29, 0.717) is 25.4 Å². The topological polar surface area (TPSA) is 125 Å². The third-order valence-corrected chi connectivity index (χ3v) is 9.06. The van der Waals surface area contributed by atoms with Gasteiger partial charge in [-0.3, -0.25) is 4.72 Å². The van der Waals surface area contributed by atoms with Gasteiger partial charge in [0.25, 0.3) is 0 Å². The van der Waals surface area contributed by atoms with Gasteiger partial charge in [-0.25, -0.2) is 17.1 Å². The Morgan fingerprint density at radius 3 is 2.18 bits per heavy atom. The number of aryl methyl sites for hydroxylation is 1. The molecule has 0 fully saturated rings. The van der Waals surface area contributed by atoms with Crippen LogP contribution in [0.4, 0.5) is 15.8 Å². The summed E-state index contributed by atoms with van der Waals surface area (Å²) in [5.41, 5.74) is 3.26. The second-order valence-electron chi connectivity index (χ2n) is 10.5. The molecule has 10 nitrogen and oxygen atoms in total. The summed E-state index contributed by atoms with van der Waals surface area (Å²) in [6, 6.07) is 26.0. The number of rotatable bonds is 12. The number of aliphatic hydroxyl groups excluding tert-OH is 1. The predicted octanol–water partition coefficient (Wildman–Crippen LogP) is 5.57. The van der Waals surface area contributed by atoms with Crippen LogP contribution < -0.4 is 13.8 Å². The molecule has 1 heterocycles. The van der Waals surface area contributed by atoms with Gasteiger partial charge in [-0.15, -0.1) is 0 Å². The van der Waals surface area contributed by atoms with E-state index in [-0.39, 0.29) is 25.4 Å². The van der Waals surface area contributed by atoms with Crippen molar-refractivity contribution in [2.45, 2.75) is 26.6 Å². The van der Waals surface area contributed by atoms with Gasteiger partial charge >= 0.3 is 10.2 Å². The first kappa shape index (κ1) is 31.8. The average molecular weight is 654 g/mol. The van der Waals surface area contributed by atoms with Crippen LogP contribution in [-0.4, -0.2) is 39.2 Å². The first-order valence-electron chi connectivity index (χ1n) is 13.8. The fourth-order valence-electron chi connectivity index (χ4n) is 4.74. The minimum absolute atomic E-state index is 0.00433. The van der Waals surface area contributed by atoms with Crippen LogP contribution in [-0.2, 0) is 44.6 Å². The van der Waals surface area contributed by atoms with E-state index in [0.717, 1.165) is 35.2 Å². The standard InChI is InChI=1S/C32H32FN3O7S2/c1-23-13-14-27(29(15-23)34-44(2,38)39)16-26-17-28(33)32(30(18-26)43-21-25-11-7-4-8-12-25)35-19-31(37)36(45(35,40)41)22-42-20-24-9-5-3-6-10-24/h3-15,17-19,34,37H,16,20-22H2,1-2H3. The molecule has 236 valence electrons. The number of halogens is 1. The Morgan fingerprint density at radius 2 is 1.53 bits per heavy atom. The Hall–Kier alpha value is -4.59. The smallest absolute Gasteiger partial charge is 0.335 e. The predicted molar refractivity (Wildman–Crippen MR) is 170 cm³/mol. The summed E-state index contributed by atoms with van der Waals surface area (Å²) in [7, 11) is -8.11. The number of nitrogens with one attached hydrogen (secondary N) is 1. The molecule has 0 radical (unpaired) electrons. The van der Waals surface area contributed by atoms with Gasteiger partial charge in [0.15, 0.2) is 5.82 Å². The lowest BCUT2D eigenvalue weighted by molar-refractivity contribution is 0.0556.